The Kier molecular flexibility index (Phi) is 6.72. The van der Waals surface area contributed by atoms with E-state index in [4.69, 9.17) is 18.9 Å². The molecule has 0 heterocycles. The third kappa shape index (κ3) is 4.94. The zero-order valence-electron chi connectivity index (χ0n) is 16.9. The molecule has 0 saturated heterocycles. The number of carbonyl (C=O) groups is 1. The minimum atomic E-state index is -0.166. The van der Waals surface area contributed by atoms with Crippen molar-refractivity contribution in [3.05, 3.63) is 41.5 Å². The first-order valence-electron chi connectivity index (χ1n) is 9.00. The van der Waals surface area contributed by atoms with E-state index in [1.165, 1.54) is 0 Å². The molecule has 0 aliphatic rings. The van der Waals surface area contributed by atoms with Crippen LogP contribution in [0.5, 0.6) is 28.7 Å². The van der Waals surface area contributed by atoms with Crippen molar-refractivity contribution in [2.24, 2.45) is 0 Å². The summed E-state index contributed by atoms with van der Waals surface area (Å²) < 4.78 is 22.9. The van der Waals surface area contributed by atoms with E-state index in [-0.39, 0.29) is 5.41 Å². The van der Waals surface area contributed by atoms with Crippen LogP contribution in [-0.2, 0) is 5.41 Å². The monoisotopic (exact) mass is 372 g/mol. The van der Waals surface area contributed by atoms with E-state index in [0.29, 0.717) is 35.2 Å². The smallest absolute Gasteiger partial charge is 0.204 e. The van der Waals surface area contributed by atoms with Crippen molar-refractivity contribution in [3.63, 3.8) is 0 Å². The number of methoxy groups -OCH3 is 2. The van der Waals surface area contributed by atoms with Crippen molar-refractivity contribution in [1.29, 1.82) is 0 Å². The summed E-state index contributed by atoms with van der Waals surface area (Å²) in [4.78, 5) is 11.3. The molecule has 0 bridgehead atoms. The fourth-order valence-corrected chi connectivity index (χ4v) is 2.67. The molecular formula is C22H28O5. The maximum absolute atomic E-state index is 11.3. The van der Waals surface area contributed by atoms with Crippen LogP contribution in [0.2, 0.25) is 0 Å². The van der Waals surface area contributed by atoms with Gasteiger partial charge in [-0.25, -0.2) is 0 Å². The van der Waals surface area contributed by atoms with Crippen molar-refractivity contribution in [2.75, 3.05) is 20.8 Å². The predicted molar refractivity (Wildman–Crippen MR) is 106 cm³/mol. The number of rotatable bonds is 8. The van der Waals surface area contributed by atoms with Crippen molar-refractivity contribution >= 4 is 6.29 Å². The van der Waals surface area contributed by atoms with Gasteiger partial charge in [0.25, 0.3) is 0 Å². The third-order valence-electron chi connectivity index (χ3n) is 4.06. The van der Waals surface area contributed by atoms with Crippen molar-refractivity contribution in [1.82, 2.24) is 0 Å². The van der Waals surface area contributed by atoms with Crippen LogP contribution in [0.25, 0.3) is 0 Å². The molecule has 0 spiro atoms. The highest BCUT2D eigenvalue weighted by Crippen LogP contribution is 2.43. The topological polar surface area (TPSA) is 54.0 Å². The van der Waals surface area contributed by atoms with Gasteiger partial charge in [-0.2, -0.15) is 0 Å². The van der Waals surface area contributed by atoms with Gasteiger partial charge < -0.3 is 18.9 Å². The Morgan fingerprint density at radius 2 is 1.67 bits per heavy atom. The highest BCUT2D eigenvalue weighted by molar-refractivity contribution is 5.78. The van der Waals surface area contributed by atoms with E-state index in [1.807, 2.05) is 25.1 Å². The van der Waals surface area contributed by atoms with Crippen LogP contribution in [0.15, 0.2) is 30.3 Å². The second-order valence-electron chi connectivity index (χ2n) is 7.23. The maximum atomic E-state index is 11.3. The van der Waals surface area contributed by atoms with Crippen molar-refractivity contribution in [2.45, 2.75) is 39.5 Å². The largest absolute Gasteiger partial charge is 0.497 e. The quantitative estimate of drug-likeness (QED) is 0.581. The lowest BCUT2D eigenvalue weighted by Crippen LogP contribution is -2.13. The van der Waals surface area contributed by atoms with Crippen LogP contribution in [0, 0.1) is 0 Å². The second kappa shape index (κ2) is 8.80. The van der Waals surface area contributed by atoms with Crippen molar-refractivity contribution < 1.29 is 23.7 Å². The van der Waals surface area contributed by atoms with Gasteiger partial charge >= 0.3 is 0 Å². The molecule has 0 atom stereocenters. The number of benzene rings is 2. The Morgan fingerprint density at radius 1 is 0.963 bits per heavy atom. The molecule has 146 valence electrons. The maximum Gasteiger partial charge on any atom is 0.204 e. The Labute approximate surface area is 161 Å². The van der Waals surface area contributed by atoms with Crippen LogP contribution >= 0.6 is 0 Å². The number of ether oxygens (including phenoxy) is 4. The van der Waals surface area contributed by atoms with Gasteiger partial charge in [0.05, 0.1) is 20.8 Å². The molecule has 0 amide bonds. The second-order valence-corrected chi connectivity index (χ2v) is 7.23. The van der Waals surface area contributed by atoms with E-state index in [1.54, 1.807) is 26.4 Å². The van der Waals surface area contributed by atoms with Gasteiger partial charge in [-0.1, -0.05) is 27.7 Å². The lowest BCUT2D eigenvalue weighted by Gasteiger charge is -2.24. The summed E-state index contributed by atoms with van der Waals surface area (Å²) in [5.41, 5.74) is 1.27. The molecule has 0 saturated carbocycles. The molecule has 5 heteroatoms. The zero-order chi connectivity index (χ0) is 20.0. The average Bonchev–Trinajstić information content (AvgIpc) is 2.65. The molecule has 0 aliphatic carbocycles. The number of hydrogen-bond acceptors (Lipinski definition) is 5. The third-order valence-corrected chi connectivity index (χ3v) is 4.06. The van der Waals surface area contributed by atoms with Gasteiger partial charge in [-0.3, -0.25) is 4.79 Å². The normalized spacial score (nSPS) is 11.0. The number of carbonyl (C=O) groups excluding carboxylic acids is 1. The Morgan fingerprint density at radius 3 is 2.22 bits per heavy atom. The highest BCUT2D eigenvalue weighted by atomic mass is 16.5. The SMILES string of the molecule is CCCOc1c(OC)cc(C=O)cc1Oc1ccc(OC)cc1C(C)(C)C. The van der Waals surface area contributed by atoms with E-state index in [2.05, 4.69) is 20.8 Å². The Hall–Kier alpha value is -2.69. The molecule has 27 heavy (non-hydrogen) atoms. The summed E-state index contributed by atoms with van der Waals surface area (Å²) in [5, 5.41) is 0. The summed E-state index contributed by atoms with van der Waals surface area (Å²) in [5.74, 6) is 2.83. The van der Waals surface area contributed by atoms with E-state index < -0.39 is 0 Å². The van der Waals surface area contributed by atoms with Gasteiger partial charge in [0.2, 0.25) is 5.75 Å². The predicted octanol–water partition coefficient (Wildman–Crippen LogP) is 5.39. The summed E-state index contributed by atoms with van der Waals surface area (Å²) in [6.07, 6.45) is 1.60. The fourth-order valence-electron chi connectivity index (χ4n) is 2.67. The van der Waals surface area contributed by atoms with Crippen LogP contribution in [-0.4, -0.2) is 27.1 Å². The van der Waals surface area contributed by atoms with Crippen molar-refractivity contribution in [3.8, 4) is 28.7 Å². The van der Waals surface area contributed by atoms with Gasteiger partial charge in [0.15, 0.2) is 11.5 Å². The zero-order valence-corrected chi connectivity index (χ0v) is 16.9. The molecule has 2 rings (SSSR count). The molecule has 0 N–H and O–H groups in total. The average molecular weight is 372 g/mol. The highest BCUT2D eigenvalue weighted by Gasteiger charge is 2.23. The summed E-state index contributed by atoms with van der Waals surface area (Å²) in [6, 6.07) is 8.98. The molecule has 2 aromatic carbocycles. The molecular weight excluding hydrogens is 344 g/mol. The van der Waals surface area contributed by atoms with E-state index in [0.717, 1.165) is 24.0 Å². The lowest BCUT2D eigenvalue weighted by molar-refractivity contribution is 0.112. The molecule has 0 aromatic heterocycles. The fraction of sp³-hybridized carbons (Fsp3) is 0.409. The first-order valence-corrected chi connectivity index (χ1v) is 9.00. The van der Waals surface area contributed by atoms with Crippen LogP contribution < -0.4 is 18.9 Å². The molecule has 2 aromatic rings. The minimum Gasteiger partial charge on any atom is -0.497 e. The Bertz CT molecular complexity index is 790. The summed E-state index contributed by atoms with van der Waals surface area (Å²) in [6.45, 7) is 8.85. The van der Waals surface area contributed by atoms with Gasteiger partial charge in [0.1, 0.15) is 17.8 Å². The van der Waals surface area contributed by atoms with Crippen LogP contribution in [0.4, 0.5) is 0 Å². The van der Waals surface area contributed by atoms with Crippen LogP contribution in [0.1, 0.15) is 50.0 Å². The first-order chi connectivity index (χ1) is 12.8. The lowest BCUT2D eigenvalue weighted by atomic mass is 9.86. The number of aldehydes is 1. The Balaban J connectivity index is 2.57. The standard InChI is InChI=1S/C22H28O5/c1-7-10-26-21-19(25-6)11-15(14-23)12-20(21)27-18-9-8-16(24-5)13-17(18)22(2,3)4/h8-9,11-14H,7,10H2,1-6H3. The molecule has 0 radical (unpaired) electrons. The summed E-state index contributed by atoms with van der Waals surface area (Å²) >= 11 is 0. The summed E-state index contributed by atoms with van der Waals surface area (Å²) in [7, 11) is 3.18. The van der Waals surface area contributed by atoms with Crippen LogP contribution in [0.3, 0.4) is 0 Å². The van der Waals surface area contributed by atoms with Gasteiger partial charge in [0, 0.05) is 11.1 Å². The minimum absolute atomic E-state index is 0.166. The molecule has 0 aliphatic heterocycles. The first kappa shape index (κ1) is 20.6. The molecule has 0 unspecified atom stereocenters. The van der Waals surface area contributed by atoms with E-state index in [9.17, 15) is 4.79 Å². The molecule has 5 nitrogen and oxygen atoms in total. The molecule has 0 fully saturated rings. The number of hydrogen-bond donors (Lipinski definition) is 0. The van der Waals surface area contributed by atoms with Gasteiger partial charge in [-0.05, 0) is 42.2 Å². The van der Waals surface area contributed by atoms with Gasteiger partial charge in [-0.15, -0.1) is 0 Å². The van der Waals surface area contributed by atoms with E-state index >= 15 is 0 Å².